The standard InChI is InChI=1S/C16H25NO2/c1-4-5-9-17-10-6-11-19-16(18)15-8-7-13(2)14(3)12-15/h7-8,12,17H,4-6,9-11H2,1-3H3. The summed E-state index contributed by atoms with van der Waals surface area (Å²) >= 11 is 0. The van der Waals surface area contributed by atoms with Gasteiger partial charge in [0.05, 0.1) is 12.2 Å². The van der Waals surface area contributed by atoms with E-state index >= 15 is 0 Å². The Morgan fingerprint density at radius 1 is 1.16 bits per heavy atom. The normalized spacial score (nSPS) is 10.5. The van der Waals surface area contributed by atoms with E-state index in [2.05, 4.69) is 12.2 Å². The van der Waals surface area contributed by atoms with Crippen molar-refractivity contribution in [1.82, 2.24) is 5.32 Å². The highest BCUT2D eigenvalue weighted by molar-refractivity contribution is 5.89. The van der Waals surface area contributed by atoms with E-state index < -0.39 is 0 Å². The molecule has 106 valence electrons. The van der Waals surface area contributed by atoms with Crippen LogP contribution in [-0.2, 0) is 4.74 Å². The van der Waals surface area contributed by atoms with Crippen molar-refractivity contribution in [3.05, 3.63) is 34.9 Å². The monoisotopic (exact) mass is 263 g/mol. The van der Waals surface area contributed by atoms with Gasteiger partial charge in [-0.2, -0.15) is 0 Å². The number of unbranched alkanes of at least 4 members (excludes halogenated alkanes) is 1. The Hall–Kier alpha value is -1.35. The molecule has 19 heavy (non-hydrogen) atoms. The number of carbonyl (C=O) groups excluding carboxylic acids is 1. The van der Waals surface area contributed by atoms with Crippen LogP contribution < -0.4 is 5.32 Å². The van der Waals surface area contributed by atoms with Crippen LogP contribution in [0.4, 0.5) is 0 Å². The summed E-state index contributed by atoms with van der Waals surface area (Å²) in [6.07, 6.45) is 3.26. The lowest BCUT2D eigenvalue weighted by Crippen LogP contribution is -2.18. The van der Waals surface area contributed by atoms with Crippen LogP contribution in [0, 0.1) is 13.8 Å². The van der Waals surface area contributed by atoms with Gasteiger partial charge in [-0.15, -0.1) is 0 Å². The molecule has 0 aliphatic rings. The summed E-state index contributed by atoms with van der Waals surface area (Å²) in [7, 11) is 0. The average molecular weight is 263 g/mol. The van der Waals surface area contributed by atoms with Crippen LogP contribution in [-0.4, -0.2) is 25.7 Å². The number of hydrogen-bond donors (Lipinski definition) is 1. The summed E-state index contributed by atoms with van der Waals surface area (Å²) in [5.74, 6) is -0.225. The molecule has 0 aliphatic carbocycles. The SMILES string of the molecule is CCCCNCCCOC(=O)c1ccc(C)c(C)c1. The third kappa shape index (κ3) is 5.88. The molecular weight excluding hydrogens is 238 g/mol. The lowest BCUT2D eigenvalue weighted by atomic mass is 10.1. The molecule has 0 spiro atoms. The molecule has 0 radical (unpaired) electrons. The summed E-state index contributed by atoms with van der Waals surface area (Å²) in [5, 5.41) is 3.33. The number of carbonyl (C=O) groups is 1. The maximum absolute atomic E-state index is 11.8. The summed E-state index contributed by atoms with van der Waals surface area (Å²) in [5.41, 5.74) is 2.95. The van der Waals surface area contributed by atoms with Gasteiger partial charge in [0.2, 0.25) is 0 Å². The summed E-state index contributed by atoms with van der Waals surface area (Å²) in [6.45, 7) is 8.63. The molecule has 0 unspecified atom stereocenters. The van der Waals surface area contributed by atoms with Gasteiger partial charge in [0.15, 0.2) is 0 Å². The fraction of sp³-hybridized carbons (Fsp3) is 0.562. The third-order valence-corrected chi connectivity index (χ3v) is 3.18. The zero-order valence-corrected chi connectivity index (χ0v) is 12.3. The topological polar surface area (TPSA) is 38.3 Å². The first-order valence-corrected chi connectivity index (χ1v) is 7.10. The molecule has 0 saturated carbocycles. The van der Waals surface area contributed by atoms with Crippen LogP contribution in [0.3, 0.4) is 0 Å². The van der Waals surface area contributed by atoms with Crippen molar-refractivity contribution in [1.29, 1.82) is 0 Å². The van der Waals surface area contributed by atoms with Crippen molar-refractivity contribution in [2.45, 2.75) is 40.0 Å². The number of esters is 1. The van der Waals surface area contributed by atoms with Crippen LogP contribution >= 0.6 is 0 Å². The van der Waals surface area contributed by atoms with Gasteiger partial charge in [-0.3, -0.25) is 0 Å². The molecule has 0 heterocycles. The van der Waals surface area contributed by atoms with Gasteiger partial charge in [0.1, 0.15) is 0 Å². The van der Waals surface area contributed by atoms with E-state index in [1.807, 2.05) is 32.0 Å². The molecule has 1 aromatic rings. The zero-order valence-electron chi connectivity index (χ0n) is 12.3. The Labute approximate surface area is 116 Å². The number of ether oxygens (including phenoxy) is 1. The predicted molar refractivity (Wildman–Crippen MR) is 78.6 cm³/mol. The van der Waals surface area contributed by atoms with Crippen LogP contribution in [0.15, 0.2) is 18.2 Å². The molecule has 3 nitrogen and oxygen atoms in total. The van der Waals surface area contributed by atoms with E-state index in [0.717, 1.165) is 25.1 Å². The maximum atomic E-state index is 11.8. The minimum Gasteiger partial charge on any atom is -0.462 e. The van der Waals surface area contributed by atoms with Gasteiger partial charge in [0.25, 0.3) is 0 Å². The van der Waals surface area contributed by atoms with Gasteiger partial charge >= 0.3 is 5.97 Å². The number of hydrogen-bond acceptors (Lipinski definition) is 3. The number of benzene rings is 1. The lowest BCUT2D eigenvalue weighted by Gasteiger charge is -2.07. The molecule has 0 atom stereocenters. The summed E-state index contributed by atoms with van der Waals surface area (Å²) in [4.78, 5) is 11.8. The number of nitrogens with one attached hydrogen (secondary N) is 1. The first-order valence-electron chi connectivity index (χ1n) is 7.10. The molecule has 0 amide bonds. The molecule has 0 saturated heterocycles. The van der Waals surface area contributed by atoms with Crippen molar-refractivity contribution in [2.24, 2.45) is 0 Å². The Bertz CT molecular complexity index is 402. The summed E-state index contributed by atoms with van der Waals surface area (Å²) < 4.78 is 5.25. The Balaban J connectivity index is 2.22. The quantitative estimate of drug-likeness (QED) is 0.578. The Morgan fingerprint density at radius 3 is 2.58 bits per heavy atom. The van der Waals surface area contributed by atoms with Crippen LogP contribution in [0.5, 0.6) is 0 Å². The molecule has 1 aromatic carbocycles. The smallest absolute Gasteiger partial charge is 0.338 e. The second-order valence-electron chi connectivity index (χ2n) is 4.89. The van der Waals surface area contributed by atoms with Gasteiger partial charge in [-0.25, -0.2) is 4.79 Å². The van der Waals surface area contributed by atoms with Crippen LogP contribution in [0.1, 0.15) is 47.7 Å². The fourth-order valence-electron chi connectivity index (χ4n) is 1.74. The summed E-state index contributed by atoms with van der Waals surface area (Å²) in [6, 6.07) is 5.67. The first kappa shape index (κ1) is 15.7. The highest BCUT2D eigenvalue weighted by Gasteiger charge is 2.07. The average Bonchev–Trinajstić information content (AvgIpc) is 2.40. The highest BCUT2D eigenvalue weighted by Crippen LogP contribution is 2.10. The van der Waals surface area contributed by atoms with E-state index in [1.54, 1.807) is 0 Å². The van der Waals surface area contributed by atoms with Gasteiger partial charge in [0, 0.05) is 0 Å². The molecule has 0 aromatic heterocycles. The number of rotatable bonds is 8. The van der Waals surface area contributed by atoms with Crippen molar-refractivity contribution < 1.29 is 9.53 Å². The minimum atomic E-state index is -0.225. The highest BCUT2D eigenvalue weighted by atomic mass is 16.5. The molecular formula is C16H25NO2. The zero-order chi connectivity index (χ0) is 14.1. The molecule has 0 aliphatic heterocycles. The van der Waals surface area contributed by atoms with E-state index in [-0.39, 0.29) is 5.97 Å². The Kier molecular flexibility index (Phi) is 7.19. The molecule has 1 N–H and O–H groups in total. The fourth-order valence-corrected chi connectivity index (χ4v) is 1.74. The van der Waals surface area contributed by atoms with E-state index in [0.29, 0.717) is 12.2 Å². The van der Waals surface area contributed by atoms with Crippen LogP contribution in [0.2, 0.25) is 0 Å². The van der Waals surface area contributed by atoms with Crippen molar-refractivity contribution >= 4 is 5.97 Å². The maximum Gasteiger partial charge on any atom is 0.338 e. The number of aryl methyl sites for hydroxylation is 2. The molecule has 0 bridgehead atoms. The predicted octanol–water partition coefficient (Wildman–Crippen LogP) is 3.24. The van der Waals surface area contributed by atoms with E-state index in [1.165, 1.54) is 18.4 Å². The Morgan fingerprint density at radius 2 is 1.89 bits per heavy atom. The van der Waals surface area contributed by atoms with Crippen molar-refractivity contribution in [3.63, 3.8) is 0 Å². The van der Waals surface area contributed by atoms with Crippen molar-refractivity contribution in [2.75, 3.05) is 19.7 Å². The second-order valence-corrected chi connectivity index (χ2v) is 4.89. The van der Waals surface area contributed by atoms with Crippen LogP contribution in [0.25, 0.3) is 0 Å². The van der Waals surface area contributed by atoms with Gasteiger partial charge in [-0.05, 0) is 63.0 Å². The molecule has 0 fully saturated rings. The third-order valence-electron chi connectivity index (χ3n) is 3.18. The largest absolute Gasteiger partial charge is 0.462 e. The van der Waals surface area contributed by atoms with Gasteiger partial charge in [-0.1, -0.05) is 19.4 Å². The van der Waals surface area contributed by atoms with E-state index in [9.17, 15) is 4.79 Å². The molecule has 3 heteroatoms. The lowest BCUT2D eigenvalue weighted by molar-refractivity contribution is 0.0500. The van der Waals surface area contributed by atoms with Crippen molar-refractivity contribution in [3.8, 4) is 0 Å². The molecule has 1 rings (SSSR count). The minimum absolute atomic E-state index is 0.225. The van der Waals surface area contributed by atoms with Gasteiger partial charge < -0.3 is 10.1 Å². The second kappa shape index (κ2) is 8.70. The first-order chi connectivity index (χ1) is 9.15. The van der Waals surface area contributed by atoms with E-state index in [4.69, 9.17) is 4.74 Å².